The van der Waals surface area contributed by atoms with E-state index in [-0.39, 0.29) is 12.1 Å². The van der Waals surface area contributed by atoms with Crippen LogP contribution in [0.1, 0.15) is 57.9 Å². The number of benzene rings is 1. The number of rotatable bonds is 5. The van der Waals surface area contributed by atoms with E-state index in [1.165, 1.54) is 12.0 Å². The summed E-state index contributed by atoms with van der Waals surface area (Å²) < 4.78 is 0. The third-order valence-electron chi connectivity index (χ3n) is 5.08. The Morgan fingerprint density at radius 2 is 1.81 bits per heavy atom. The van der Waals surface area contributed by atoms with Gasteiger partial charge in [-0.2, -0.15) is 0 Å². The van der Waals surface area contributed by atoms with Crippen LogP contribution in [0, 0.1) is 5.92 Å². The van der Waals surface area contributed by atoms with Crippen molar-refractivity contribution in [1.82, 2.24) is 4.90 Å². The van der Waals surface area contributed by atoms with Crippen LogP contribution >= 0.6 is 0 Å². The maximum Gasteiger partial charge on any atom is 0.0695 e. The lowest BCUT2D eigenvalue weighted by Gasteiger charge is -2.42. The number of aliphatic hydroxyl groups is 1. The zero-order valence-corrected chi connectivity index (χ0v) is 14.0. The predicted octanol–water partition coefficient (Wildman–Crippen LogP) is 4.05. The van der Waals surface area contributed by atoms with Crippen LogP contribution in [-0.2, 0) is 0 Å². The highest BCUT2D eigenvalue weighted by Gasteiger charge is 2.34. The summed E-state index contributed by atoms with van der Waals surface area (Å²) in [4.78, 5) is 2.42. The molecule has 4 atom stereocenters. The average Bonchev–Trinajstić information content (AvgIpc) is 2.47. The highest BCUT2D eigenvalue weighted by molar-refractivity contribution is 5.20. The van der Waals surface area contributed by atoms with Crippen LogP contribution in [0.5, 0.6) is 0 Å². The van der Waals surface area contributed by atoms with Gasteiger partial charge in [-0.3, -0.25) is 4.90 Å². The van der Waals surface area contributed by atoms with E-state index < -0.39 is 0 Å². The summed E-state index contributed by atoms with van der Waals surface area (Å²) in [6.07, 6.45) is 4.11. The van der Waals surface area contributed by atoms with Crippen LogP contribution in [-0.4, -0.2) is 35.2 Å². The molecule has 0 bridgehead atoms. The summed E-state index contributed by atoms with van der Waals surface area (Å²) in [5.41, 5.74) is 1.43. The molecule has 1 aliphatic carbocycles. The van der Waals surface area contributed by atoms with Gasteiger partial charge < -0.3 is 5.11 Å². The first-order valence-electron chi connectivity index (χ1n) is 8.44. The molecule has 0 spiro atoms. The molecule has 1 aromatic rings. The minimum atomic E-state index is -0.176. The lowest BCUT2D eigenvalue weighted by Crippen LogP contribution is -2.48. The number of hydrogen-bond acceptors (Lipinski definition) is 2. The zero-order valence-electron chi connectivity index (χ0n) is 14.0. The first kappa shape index (κ1) is 16.5. The van der Waals surface area contributed by atoms with E-state index in [9.17, 15) is 5.11 Å². The molecule has 1 aliphatic rings. The first-order valence-corrected chi connectivity index (χ1v) is 8.44. The zero-order chi connectivity index (χ0) is 15.4. The first-order chi connectivity index (χ1) is 9.99. The normalized spacial score (nSPS) is 28.0. The molecule has 0 aliphatic heterocycles. The Balaban J connectivity index is 2.04. The van der Waals surface area contributed by atoms with Crippen molar-refractivity contribution in [1.29, 1.82) is 0 Å². The molecule has 0 saturated heterocycles. The Morgan fingerprint density at radius 3 is 2.43 bits per heavy atom. The molecule has 4 unspecified atom stereocenters. The number of hydrogen-bond donors (Lipinski definition) is 1. The summed E-state index contributed by atoms with van der Waals surface area (Å²) in [5, 5.41) is 10.4. The minimum Gasteiger partial charge on any atom is -0.391 e. The molecule has 21 heavy (non-hydrogen) atoms. The Kier molecular flexibility index (Phi) is 5.83. The van der Waals surface area contributed by atoms with Gasteiger partial charge in [-0.25, -0.2) is 0 Å². The Morgan fingerprint density at radius 1 is 1.14 bits per heavy atom. The number of likely N-dealkylation sites (N-methyl/N-ethyl adjacent to an activating group) is 1. The molecule has 0 aromatic heterocycles. The largest absolute Gasteiger partial charge is 0.391 e. The van der Waals surface area contributed by atoms with Crippen molar-refractivity contribution in [2.75, 3.05) is 7.05 Å². The predicted molar refractivity (Wildman–Crippen MR) is 89.5 cm³/mol. The van der Waals surface area contributed by atoms with Gasteiger partial charge in [-0.15, -0.1) is 0 Å². The smallest absolute Gasteiger partial charge is 0.0695 e. The topological polar surface area (TPSA) is 23.5 Å². The highest BCUT2D eigenvalue weighted by Crippen LogP contribution is 2.35. The van der Waals surface area contributed by atoms with Crippen molar-refractivity contribution in [3.63, 3.8) is 0 Å². The average molecular weight is 289 g/mol. The molecule has 1 aromatic carbocycles. The van der Waals surface area contributed by atoms with E-state index in [1.54, 1.807) is 0 Å². The van der Waals surface area contributed by atoms with Gasteiger partial charge in [0.25, 0.3) is 0 Å². The monoisotopic (exact) mass is 289 g/mol. The molecule has 0 radical (unpaired) electrons. The van der Waals surface area contributed by atoms with Crippen molar-refractivity contribution < 1.29 is 5.11 Å². The molecular weight excluding hydrogens is 258 g/mol. The Labute approximate surface area is 130 Å². The van der Waals surface area contributed by atoms with Gasteiger partial charge >= 0.3 is 0 Å². The van der Waals surface area contributed by atoms with Crippen molar-refractivity contribution in [3.05, 3.63) is 35.9 Å². The van der Waals surface area contributed by atoms with Gasteiger partial charge in [0, 0.05) is 12.1 Å². The summed E-state index contributed by atoms with van der Waals surface area (Å²) >= 11 is 0. The van der Waals surface area contributed by atoms with E-state index in [0.29, 0.717) is 17.9 Å². The van der Waals surface area contributed by atoms with Crippen LogP contribution in [0.2, 0.25) is 0 Å². The van der Waals surface area contributed by atoms with Gasteiger partial charge in [0.05, 0.1) is 6.10 Å². The Bertz CT molecular complexity index is 417. The fourth-order valence-electron chi connectivity index (χ4n) is 3.77. The molecule has 2 nitrogen and oxygen atoms in total. The fraction of sp³-hybridized carbons (Fsp3) is 0.684. The van der Waals surface area contributed by atoms with E-state index in [1.807, 2.05) is 0 Å². The second-order valence-corrected chi connectivity index (χ2v) is 7.20. The summed E-state index contributed by atoms with van der Waals surface area (Å²) in [6, 6.07) is 11.6. The maximum atomic E-state index is 10.4. The van der Waals surface area contributed by atoms with Crippen LogP contribution in [0.4, 0.5) is 0 Å². The molecule has 1 N–H and O–H groups in total. The molecule has 1 fully saturated rings. The van der Waals surface area contributed by atoms with Gasteiger partial charge in [-0.05, 0) is 57.1 Å². The van der Waals surface area contributed by atoms with E-state index >= 15 is 0 Å². The van der Waals surface area contributed by atoms with Crippen molar-refractivity contribution in [3.8, 4) is 0 Å². The van der Waals surface area contributed by atoms with Gasteiger partial charge in [-0.1, -0.05) is 44.2 Å². The van der Waals surface area contributed by atoms with Crippen LogP contribution in [0.3, 0.4) is 0 Å². The van der Waals surface area contributed by atoms with Gasteiger partial charge in [0.15, 0.2) is 0 Å². The lowest BCUT2D eigenvalue weighted by molar-refractivity contribution is 0.00629. The summed E-state index contributed by atoms with van der Waals surface area (Å²) in [6.45, 7) is 6.83. The van der Waals surface area contributed by atoms with Gasteiger partial charge in [0.1, 0.15) is 0 Å². The maximum absolute atomic E-state index is 10.4. The second kappa shape index (κ2) is 7.42. The lowest BCUT2D eigenvalue weighted by atomic mass is 9.79. The fourth-order valence-corrected chi connectivity index (χ4v) is 3.77. The van der Waals surface area contributed by atoms with Crippen LogP contribution < -0.4 is 0 Å². The van der Waals surface area contributed by atoms with Crippen LogP contribution in [0.15, 0.2) is 30.3 Å². The molecule has 2 heteroatoms. The minimum absolute atomic E-state index is 0.176. The van der Waals surface area contributed by atoms with Crippen molar-refractivity contribution in [2.24, 2.45) is 5.92 Å². The number of aliphatic hydroxyl groups excluding tert-OH is 1. The SMILES string of the molecule is CC(C)CC(C)N(C)C1CC(c2ccccc2)CCC1O. The van der Waals surface area contributed by atoms with Crippen molar-refractivity contribution >= 4 is 0 Å². The third-order valence-corrected chi connectivity index (χ3v) is 5.08. The summed E-state index contributed by atoms with van der Waals surface area (Å²) in [7, 11) is 2.19. The molecule has 0 amide bonds. The molecular formula is C19H31NO. The highest BCUT2D eigenvalue weighted by atomic mass is 16.3. The number of nitrogens with zero attached hydrogens (tertiary/aromatic N) is 1. The molecule has 118 valence electrons. The molecule has 2 rings (SSSR count). The van der Waals surface area contributed by atoms with Gasteiger partial charge in [0.2, 0.25) is 0 Å². The van der Waals surface area contributed by atoms with Crippen LogP contribution in [0.25, 0.3) is 0 Å². The quantitative estimate of drug-likeness (QED) is 0.884. The van der Waals surface area contributed by atoms with E-state index in [0.717, 1.165) is 19.3 Å². The molecule has 0 heterocycles. The van der Waals surface area contributed by atoms with E-state index in [4.69, 9.17) is 0 Å². The van der Waals surface area contributed by atoms with Crippen molar-refractivity contribution in [2.45, 2.75) is 70.6 Å². The Hall–Kier alpha value is -0.860. The summed E-state index contributed by atoms with van der Waals surface area (Å²) in [5.74, 6) is 1.29. The standard InChI is InChI=1S/C19H31NO/c1-14(2)12-15(3)20(4)18-13-17(10-11-19(18)21)16-8-6-5-7-9-16/h5-9,14-15,17-19,21H,10-13H2,1-4H3. The third kappa shape index (κ3) is 4.31. The second-order valence-electron chi connectivity index (χ2n) is 7.20. The van der Waals surface area contributed by atoms with E-state index in [2.05, 4.69) is 63.1 Å². The molecule has 1 saturated carbocycles.